The minimum atomic E-state index is -0.543. The molecule has 9 heteroatoms. The molecular weight excluding hydrogens is 478 g/mol. The number of likely N-dealkylation sites (tertiary alicyclic amines) is 1. The van der Waals surface area contributed by atoms with Crippen LogP contribution in [0.4, 0.5) is 4.79 Å². The number of rotatable bonds is 5. The molecule has 2 aromatic carbocycles. The number of ether oxygens (including phenoxy) is 2. The highest BCUT2D eigenvalue weighted by atomic mass is 32.1. The van der Waals surface area contributed by atoms with Gasteiger partial charge in [-0.2, -0.15) is 0 Å². The maximum atomic E-state index is 13.0. The number of thiophene rings is 1. The number of fused-ring (bicyclic) bond motifs is 1. The molecule has 8 nitrogen and oxygen atoms in total. The third kappa shape index (κ3) is 6.54. The van der Waals surface area contributed by atoms with Crippen LogP contribution in [0.3, 0.4) is 0 Å². The first-order chi connectivity index (χ1) is 17.2. The molecule has 1 fully saturated rings. The summed E-state index contributed by atoms with van der Waals surface area (Å²) in [5.74, 6) is -0.243. The van der Waals surface area contributed by atoms with Gasteiger partial charge >= 0.3 is 6.09 Å². The standard InChI is InChI=1S/C27H31N3O5S/c1-27(2,3)35-26(33)30-15-13-19(14-16-30)34-23-20-11-7-8-12-21(20)36-24(23)25(32)29-28-22(31)17-18-9-5-4-6-10-18/h4-12,19H,13-17H2,1-3H3,(H,28,31)(H,29,32). The number of carbonyl (C=O) groups is 3. The number of hydrazine groups is 1. The normalized spacial score (nSPS) is 14.4. The first-order valence-corrected chi connectivity index (χ1v) is 12.8. The van der Waals surface area contributed by atoms with E-state index in [-0.39, 0.29) is 24.5 Å². The lowest BCUT2D eigenvalue weighted by Gasteiger charge is -2.33. The monoisotopic (exact) mass is 509 g/mol. The summed E-state index contributed by atoms with van der Waals surface area (Å²) in [6.45, 7) is 6.56. The number of hydrogen-bond acceptors (Lipinski definition) is 6. The number of amides is 3. The van der Waals surface area contributed by atoms with Crippen LogP contribution in [0.15, 0.2) is 54.6 Å². The number of hydrogen-bond donors (Lipinski definition) is 2. The van der Waals surface area contributed by atoms with Gasteiger partial charge in [0.2, 0.25) is 5.91 Å². The summed E-state index contributed by atoms with van der Waals surface area (Å²) in [7, 11) is 0. The summed E-state index contributed by atoms with van der Waals surface area (Å²) >= 11 is 1.32. The van der Waals surface area contributed by atoms with Crippen molar-refractivity contribution in [2.24, 2.45) is 0 Å². The average Bonchev–Trinajstić information content (AvgIpc) is 3.21. The number of nitrogens with zero attached hydrogens (tertiary/aromatic N) is 1. The zero-order valence-corrected chi connectivity index (χ0v) is 21.5. The van der Waals surface area contributed by atoms with Crippen LogP contribution in [-0.2, 0) is 16.0 Å². The molecule has 0 atom stereocenters. The van der Waals surface area contributed by atoms with E-state index in [9.17, 15) is 14.4 Å². The topological polar surface area (TPSA) is 97.0 Å². The van der Waals surface area contributed by atoms with Crippen LogP contribution in [-0.4, -0.2) is 47.6 Å². The van der Waals surface area contributed by atoms with Gasteiger partial charge in [-0.1, -0.05) is 42.5 Å². The Kier molecular flexibility index (Phi) is 7.79. The Hall–Kier alpha value is -3.59. The molecule has 0 radical (unpaired) electrons. The van der Waals surface area contributed by atoms with Crippen molar-refractivity contribution in [1.29, 1.82) is 0 Å². The lowest BCUT2D eigenvalue weighted by Crippen LogP contribution is -2.44. The van der Waals surface area contributed by atoms with E-state index >= 15 is 0 Å². The highest BCUT2D eigenvalue weighted by Crippen LogP contribution is 2.39. The van der Waals surface area contributed by atoms with Crippen LogP contribution in [0.5, 0.6) is 5.75 Å². The van der Waals surface area contributed by atoms with Crippen molar-refractivity contribution in [1.82, 2.24) is 15.8 Å². The first-order valence-electron chi connectivity index (χ1n) is 12.0. The summed E-state index contributed by atoms with van der Waals surface area (Å²) < 4.78 is 12.7. The maximum absolute atomic E-state index is 13.0. The van der Waals surface area contributed by atoms with Crippen LogP contribution in [0.2, 0.25) is 0 Å². The highest BCUT2D eigenvalue weighted by molar-refractivity contribution is 7.21. The van der Waals surface area contributed by atoms with E-state index in [1.807, 2.05) is 75.4 Å². The molecule has 1 aliphatic heterocycles. The molecule has 3 aromatic rings. The second-order valence-electron chi connectivity index (χ2n) is 9.71. The molecule has 0 saturated carbocycles. The second-order valence-corrected chi connectivity index (χ2v) is 10.8. The summed E-state index contributed by atoms with van der Waals surface area (Å²) in [5, 5.41) is 0.845. The average molecular weight is 510 g/mol. The van der Waals surface area contributed by atoms with Gasteiger partial charge in [0.1, 0.15) is 16.6 Å². The van der Waals surface area contributed by atoms with Gasteiger partial charge in [0.05, 0.1) is 6.42 Å². The van der Waals surface area contributed by atoms with E-state index in [2.05, 4.69) is 10.9 Å². The fourth-order valence-electron chi connectivity index (χ4n) is 3.95. The first kappa shape index (κ1) is 25.5. The highest BCUT2D eigenvalue weighted by Gasteiger charge is 2.29. The van der Waals surface area contributed by atoms with E-state index < -0.39 is 11.5 Å². The molecule has 3 amide bonds. The van der Waals surface area contributed by atoms with Gasteiger partial charge in [-0.25, -0.2) is 4.79 Å². The minimum absolute atomic E-state index is 0.152. The number of piperidine rings is 1. The van der Waals surface area contributed by atoms with Crippen molar-refractivity contribution in [3.05, 3.63) is 65.0 Å². The molecule has 190 valence electrons. The Morgan fingerprint density at radius 3 is 2.33 bits per heavy atom. The predicted molar refractivity (Wildman–Crippen MR) is 139 cm³/mol. The van der Waals surface area contributed by atoms with Crippen molar-refractivity contribution in [2.45, 2.75) is 51.7 Å². The quantitative estimate of drug-likeness (QED) is 0.487. The third-order valence-corrected chi connectivity index (χ3v) is 6.81. The van der Waals surface area contributed by atoms with Crippen molar-refractivity contribution >= 4 is 39.3 Å². The lowest BCUT2D eigenvalue weighted by atomic mass is 10.1. The number of benzene rings is 2. The van der Waals surface area contributed by atoms with Gasteiger partial charge in [-0.05, 0) is 38.5 Å². The van der Waals surface area contributed by atoms with Gasteiger partial charge in [0, 0.05) is 36.0 Å². The molecule has 0 spiro atoms. The molecular formula is C27H31N3O5S. The van der Waals surface area contributed by atoms with E-state index in [0.717, 1.165) is 15.6 Å². The predicted octanol–water partition coefficient (Wildman–Crippen LogP) is 4.68. The Labute approximate surface area is 214 Å². The third-order valence-electron chi connectivity index (χ3n) is 5.66. The Morgan fingerprint density at radius 1 is 0.972 bits per heavy atom. The number of carbonyl (C=O) groups excluding carboxylic acids is 3. The summed E-state index contributed by atoms with van der Waals surface area (Å²) in [6.07, 6.45) is 0.929. The smallest absolute Gasteiger partial charge is 0.410 e. The largest absolute Gasteiger partial charge is 0.488 e. The van der Waals surface area contributed by atoms with E-state index in [4.69, 9.17) is 9.47 Å². The van der Waals surface area contributed by atoms with Crippen LogP contribution in [0, 0.1) is 0 Å². The van der Waals surface area contributed by atoms with Crippen LogP contribution >= 0.6 is 11.3 Å². The Balaban J connectivity index is 1.41. The van der Waals surface area contributed by atoms with E-state index in [1.54, 1.807) is 4.90 Å². The van der Waals surface area contributed by atoms with Crippen molar-refractivity contribution in [3.8, 4) is 5.75 Å². The Bertz CT molecular complexity index is 1230. The Morgan fingerprint density at radius 2 is 1.64 bits per heavy atom. The second kappa shape index (κ2) is 11.0. The molecule has 1 aromatic heterocycles. The van der Waals surface area contributed by atoms with Crippen molar-refractivity contribution in [2.75, 3.05) is 13.1 Å². The van der Waals surface area contributed by atoms with Gasteiger partial charge < -0.3 is 14.4 Å². The van der Waals surface area contributed by atoms with Gasteiger partial charge in [-0.3, -0.25) is 20.4 Å². The van der Waals surface area contributed by atoms with Gasteiger partial charge in [0.15, 0.2) is 5.75 Å². The number of nitrogens with one attached hydrogen (secondary N) is 2. The SMILES string of the molecule is CC(C)(C)OC(=O)N1CCC(Oc2c(C(=O)NNC(=O)Cc3ccccc3)sc3ccccc23)CC1. The summed E-state index contributed by atoms with van der Waals surface area (Å²) in [5.41, 5.74) is 5.33. The molecule has 0 unspecified atom stereocenters. The minimum Gasteiger partial charge on any atom is -0.488 e. The molecule has 1 aliphatic rings. The molecule has 2 heterocycles. The zero-order valence-electron chi connectivity index (χ0n) is 20.7. The molecule has 2 N–H and O–H groups in total. The summed E-state index contributed by atoms with van der Waals surface area (Å²) in [6, 6.07) is 17.0. The van der Waals surface area contributed by atoms with E-state index in [0.29, 0.717) is 36.6 Å². The molecule has 4 rings (SSSR count). The lowest BCUT2D eigenvalue weighted by molar-refractivity contribution is -0.121. The molecule has 0 aliphatic carbocycles. The van der Waals surface area contributed by atoms with Crippen LogP contribution < -0.4 is 15.6 Å². The van der Waals surface area contributed by atoms with Crippen molar-refractivity contribution < 1.29 is 23.9 Å². The molecule has 1 saturated heterocycles. The zero-order chi connectivity index (χ0) is 25.7. The molecule has 36 heavy (non-hydrogen) atoms. The van der Waals surface area contributed by atoms with Crippen LogP contribution in [0.1, 0.15) is 48.8 Å². The fourth-order valence-corrected chi connectivity index (χ4v) is 4.98. The van der Waals surface area contributed by atoms with Gasteiger partial charge in [-0.15, -0.1) is 11.3 Å². The summed E-state index contributed by atoms with van der Waals surface area (Å²) in [4.78, 5) is 39.8. The fraction of sp³-hybridized carbons (Fsp3) is 0.370. The maximum Gasteiger partial charge on any atom is 0.410 e. The van der Waals surface area contributed by atoms with E-state index in [1.165, 1.54) is 11.3 Å². The van der Waals surface area contributed by atoms with Crippen LogP contribution in [0.25, 0.3) is 10.1 Å². The molecule has 0 bridgehead atoms. The van der Waals surface area contributed by atoms with Gasteiger partial charge in [0.25, 0.3) is 5.91 Å². The van der Waals surface area contributed by atoms with Crippen molar-refractivity contribution in [3.63, 3.8) is 0 Å².